The van der Waals surface area contributed by atoms with Crippen molar-refractivity contribution >= 4 is 28.4 Å². The van der Waals surface area contributed by atoms with E-state index in [4.69, 9.17) is 5.73 Å². The van der Waals surface area contributed by atoms with Crippen LogP contribution >= 0.6 is 11.5 Å². The number of nitrogens with two attached hydrogens (primary N) is 1. The number of nitrogens with zero attached hydrogens (tertiary/aromatic N) is 5. The van der Waals surface area contributed by atoms with Gasteiger partial charge in [-0.05, 0) is 11.3 Å². The molecule has 2 aromatic rings. The average Bonchev–Trinajstić information content (AvgIpc) is 2.77. The van der Waals surface area contributed by atoms with Crippen molar-refractivity contribution in [2.45, 2.75) is 6.54 Å². The standard InChI is InChI=1S/C6H7N7OS/c7-4-1-2-13(10-4)3-5(14)8-6-9-11-12-15-6/h1-2H,3H2,(H2,7,10)(H,8,9,12,14). The van der Waals surface area contributed by atoms with Crippen LogP contribution in [0.25, 0.3) is 0 Å². The second kappa shape index (κ2) is 4.00. The summed E-state index contributed by atoms with van der Waals surface area (Å²) in [6.45, 7) is 0.0801. The van der Waals surface area contributed by atoms with Crippen molar-refractivity contribution in [2.75, 3.05) is 11.1 Å². The Bertz CT molecular complexity index is 450. The first-order chi connectivity index (χ1) is 7.24. The van der Waals surface area contributed by atoms with E-state index in [1.165, 1.54) is 4.68 Å². The van der Waals surface area contributed by atoms with Gasteiger partial charge in [-0.3, -0.25) is 14.8 Å². The molecule has 0 unspecified atom stereocenters. The van der Waals surface area contributed by atoms with Crippen LogP contribution < -0.4 is 11.1 Å². The van der Waals surface area contributed by atoms with E-state index in [0.717, 1.165) is 11.5 Å². The molecule has 0 aliphatic heterocycles. The summed E-state index contributed by atoms with van der Waals surface area (Å²) in [5.41, 5.74) is 5.40. The lowest BCUT2D eigenvalue weighted by Crippen LogP contribution is -2.19. The average molecular weight is 225 g/mol. The first-order valence-corrected chi connectivity index (χ1v) is 4.75. The van der Waals surface area contributed by atoms with Crippen molar-refractivity contribution in [1.82, 2.24) is 24.6 Å². The lowest BCUT2D eigenvalue weighted by molar-refractivity contribution is -0.116. The molecule has 0 aliphatic rings. The zero-order valence-corrected chi connectivity index (χ0v) is 8.31. The van der Waals surface area contributed by atoms with E-state index in [1.807, 2.05) is 0 Å². The van der Waals surface area contributed by atoms with Gasteiger partial charge in [0.2, 0.25) is 11.0 Å². The normalized spacial score (nSPS) is 10.1. The van der Waals surface area contributed by atoms with Crippen LogP contribution in [0.5, 0.6) is 0 Å². The molecule has 0 radical (unpaired) electrons. The first kappa shape index (κ1) is 9.52. The van der Waals surface area contributed by atoms with E-state index in [9.17, 15) is 4.79 Å². The van der Waals surface area contributed by atoms with Crippen LogP contribution in [0.2, 0.25) is 0 Å². The van der Waals surface area contributed by atoms with Crippen LogP contribution in [-0.4, -0.2) is 30.5 Å². The fourth-order valence-corrected chi connectivity index (χ4v) is 1.34. The summed E-state index contributed by atoms with van der Waals surface area (Å²) in [6, 6.07) is 1.61. The second-order valence-electron chi connectivity index (χ2n) is 2.65. The van der Waals surface area contributed by atoms with E-state index < -0.39 is 0 Å². The van der Waals surface area contributed by atoms with Gasteiger partial charge in [0, 0.05) is 17.7 Å². The Balaban J connectivity index is 1.93. The van der Waals surface area contributed by atoms with Crippen molar-refractivity contribution in [3.8, 4) is 0 Å². The van der Waals surface area contributed by atoms with Crippen LogP contribution in [-0.2, 0) is 11.3 Å². The maximum absolute atomic E-state index is 11.4. The molecular weight excluding hydrogens is 218 g/mol. The van der Waals surface area contributed by atoms with E-state index in [1.54, 1.807) is 12.3 Å². The van der Waals surface area contributed by atoms with E-state index in [2.05, 4.69) is 25.2 Å². The monoisotopic (exact) mass is 225 g/mol. The molecular formula is C6H7N7OS. The van der Waals surface area contributed by atoms with Gasteiger partial charge in [0.15, 0.2) is 0 Å². The molecule has 0 saturated carbocycles. The van der Waals surface area contributed by atoms with Crippen molar-refractivity contribution < 1.29 is 4.79 Å². The molecule has 15 heavy (non-hydrogen) atoms. The van der Waals surface area contributed by atoms with Gasteiger partial charge in [-0.2, -0.15) is 5.10 Å². The van der Waals surface area contributed by atoms with Gasteiger partial charge in [-0.15, -0.1) is 0 Å². The second-order valence-corrected chi connectivity index (χ2v) is 3.39. The Hall–Kier alpha value is -2.03. The van der Waals surface area contributed by atoms with Gasteiger partial charge in [0.05, 0.1) is 0 Å². The Morgan fingerprint density at radius 3 is 3.13 bits per heavy atom. The summed E-state index contributed by atoms with van der Waals surface area (Å²) < 4.78 is 4.94. The number of hydrogen-bond donors (Lipinski definition) is 2. The molecule has 8 nitrogen and oxygen atoms in total. The summed E-state index contributed by atoms with van der Waals surface area (Å²) >= 11 is 1.01. The fourth-order valence-electron chi connectivity index (χ4n) is 0.953. The van der Waals surface area contributed by atoms with E-state index in [-0.39, 0.29) is 12.5 Å². The van der Waals surface area contributed by atoms with Gasteiger partial charge in [0.1, 0.15) is 12.4 Å². The highest BCUT2D eigenvalue weighted by molar-refractivity contribution is 7.09. The molecule has 0 spiro atoms. The highest BCUT2D eigenvalue weighted by Crippen LogP contribution is 2.04. The number of carbonyl (C=O) groups excluding carboxylic acids is 1. The zero-order chi connectivity index (χ0) is 10.7. The molecule has 0 atom stereocenters. The largest absolute Gasteiger partial charge is 0.382 e. The summed E-state index contributed by atoms with van der Waals surface area (Å²) in [4.78, 5) is 11.4. The van der Waals surface area contributed by atoms with Crippen molar-refractivity contribution in [3.05, 3.63) is 12.3 Å². The molecule has 3 N–H and O–H groups in total. The lowest BCUT2D eigenvalue weighted by Gasteiger charge is -2.00. The fraction of sp³-hybridized carbons (Fsp3) is 0.167. The Labute approximate surface area is 88.3 Å². The van der Waals surface area contributed by atoms with Crippen LogP contribution in [0.1, 0.15) is 0 Å². The number of rotatable bonds is 3. The minimum absolute atomic E-state index is 0.0801. The van der Waals surface area contributed by atoms with Crippen molar-refractivity contribution in [2.24, 2.45) is 0 Å². The highest BCUT2D eigenvalue weighted by atomic mass is 32.1. The van der Waals surface area contributed by atoms with Crippen LogP contribution in [0.4, 0.5) is 10.9 Å². The van der Waals surface area contributed by atoms with Gasteiger partial charge < -0.3 is 5.73 Å². The molecule has 2 aromatic heterocycles. The molecule has 0 saturated heterocycles. The van der Waals surface area contributed by atoms with Gasteiger partial charge in [-0.25, -0.2) is 0 Å². The van der Waals surface area contributed by atoms with Crippen LogP contribution in [0.15, 0.2) is 12.3 Å². The number of hydrogen-bond acceptors (Lipinski definition) is 7. The molecule has 78 valence electrons. The number of amides is 1. The zero-order valence-electron chi connectivity index (χ0n) is 7.49. The quantitative estimate of drug-likeness (QED) is 0.718. The van der Waals surface area contributed by atoms with E-state index in [0.29, 0.717) is 10.9 Å². The number of aromatic nitrogens is 5. The Morgan fingerprint density at radius 1 is 1.67 bits per heavy atom. The third-order valence-corrected chi connectivity index (χ3v) is 2.02. The third-order valence-electron chi connectivity index (χ3n) is 1.51. The van der Waals surface area contributed by atoms with Crippen LogP contribution in [0.3, 0.4) is 0 Å². The highest BCUT2D eigenvalue weighted by Gasteiger charge is 2.06. The molecule has 1 amide bonds. The molecule has 2 rings (SSSR count). The first-order valence-electron chi connectivity index (χ1n) is 3.98. The predicted molar refractivity (Wildman–Crippen MR) is 53.0 cm³/mol. The topological polar surface area (TPSA) is 112 Å². The van der Waals surface area contributed by atoms with E-state index >= 15 is 0 Å². The minimum atomic E-state index is -0.253. The number of nitrogens with one attached hydrogen (secondary N) is 1. The summed E-state index contributed by atoms with van der Waals surface area (Å²) in [7, 11) is 0. The van der Waals surface area contributed by atoms with Gasteiger partial charge in [0.25, 0.3) is 0 Å². The predicted octanol–water partition coefficient (Wildman–Crippen LogP) is -0.650. The minimum Gasteiger partial charge on any atom is -0.382 e. The van der Waals surface area contributed by atoms with Crippen molar-refractivity contribution in [3.63, 3.8) is 0 Å². The third kappa shape index (κ3) is 2.47. The van der Waals surface area contributed by atoms with Gasteiger partial charge >= 0.3 is 0 Å². The molecule has 9 heteroatoms. The molecule has 0 fully saturated rings. The SMILES string of the molecule is Nc1ccn(CC(=O)Nc2nnns2)n1. The Kier molecular flexibility index (Phi) is 2.54. The summed E-state index contributed by atoms with van der Waals surface area (Å²) in [5, 5.41) is 13.7. The number of carbonyl (C=O) groups is 1. The Morgan fingerprint density at radius 2 is 2.53 bits per heavy atom. The van der Waals surface area contributed by atoms with Crippen LogP contribution in [0, 0.1) is 0 Å². The summed E-state index contributed by atoms with van der Waals surface area (Å²) in [6.07, 6.45) is 1.62. The molecule has 0 aromatic carbocycles. The maximum Gasteiger partial charge on any atom is 0.247 e. The maximum atomic E-state index is 11.4. The molecule has 2 heterocycles. The lowest BCUT2D eigenvalue weighted by atomic mass is 10.6. The molecule has 0 bridgehead atoms. The number of anilines is 2. The number of nitrogen functional groups attached to an aromatic ring is 1. The molecule has 0 aliphatic carbocycles. The smallest absolute Gasteiger partial charge is 0.247 e. The summed E-state index contributed by atoms with van der Waals surface area (Å²) in [5.74, 6) is 0.122. The van der Waals surface area contributed by atoms with Crippen molar-refractivity contribution in [1.29, 1.82) is 0 Å². The van der Waals surface area contributed by atoms with Gasteiger partial charge in [-0.1, -0.05) is 9.59 Å².